The van der Waals surface area contributed by atoms with Crippen LogP contribution in [0.4, 0.5) is 0 Å². The van der Waals surface area contributed by atoms with Crippen LogP contribution in [0.3, 0.4) is 0 Å². The van der Waals surface area contributed by atoms with Crippen molar-refractivity contribution in [2.24, 2.45) is 0 Å². The lowest BCUT2D eigenvalue weighted by Crippen LogP contribution is -2.35. The maximum absolute atomic E-state index is 12.0. The van der Waals surface area contributed by atoms with Gasteiger partial charge in [-0.2, -0.15) is 0 Å². The van der Waals surface area contributed by atoms with Gasteiger partial charge in [0.1, 0.15) is 6.54 Å². The predicted molar refractivity (Wildman–Crippen MR) is 68.4 cm³/mol. The van der Waals surface area contributed by atoms with E-state index < -0.39 is 5.97 Å². The molecule has 92 valence electrons. The lowest BCUT2D eigenvalue weighted by Gasteiger charge is -2.18. The maximum atomic E-state index is 12.0. The number of benzene rings is 1. The Labute approximate surface area is 112 Å². The van der Waals surface area contributed by atoms with Crippen LogP contribution in [-0.4, -0.2) is 35.0 Å². The Kier molecular flexibility index (Phi) is 4.96. The number of carbonyl (C=O) groups excluding carboxylic acids is 1. The Balaban J connectivity index is 2.93. The van der Waals surface area contributed by atoms with Crippen LogP contribution < -0.4 is 0 Å². The molecule has 17 heavy (non-hydrogen) atoms. The van der Waals surface area contributed by atoms with E-state index >= 15 is 0 Å². The highest BCUT2D eigenvalue weighted by atomic mass is 79.9. The Morgan fingerprint density at radius 3 is 2.59 bits per heavy atom. The first-order valence-electron chi connectivity index (χ1n) is 4.91. The second-order valence-corrected chi connectivity index (χ2v) is 4.60. The molecule has 0 aromatic heterocycles. The quantitative estimate of drug-likeness (QED) is 0.928. The van der Waals surface area contributed by atoms with E-state index in [1.54, 1.807) is 19.1 Å². The van der Waals surface area contributed by atoms with Crippen LogP contribution in [0.25, 0.3) is 0 Å². The number of nitrogens with zero attached hydrogens (tertiary/aromatic N) is 1. The number of hydrogen-bond donors (Lipinski definition) is 1. The first-order chi connectivity index (χ1) is 7.95. The number of likely N-dealkylation sites (N-methyl/N-ethyl adjacent to an activating group) is 1. The summed E-state index contributed by atoms with van der Waals surface area (Å²) < 4.78 is 0.692. The number of carboxylic acids is 1. The maximum Gasteiger partial charge on any atom is 0.323 e. The molecule has 1 aromatic rings. The second-order valence-electron chi connectivity index (χ2n) is 3.34. The van der Waals surface area contributed by atoms with Crippen molar-refractivity contribution in [1.82, 2.24) is 4.90 Å². The van der Waals surface area contributed by atoms with Crippen LogP contribution >= 0.6 is 27.5 Å². The molecule has 0 saturated heterocycles. The van der Waals surface area contributed by atoms with Crippen molar-refractivity contribution >= 4 is 39.4 Å². The van der Waals surface area contributed by atoms with E-state index in [0.717, 1.165) is 0 Å². The Morgan fingerprint density at radius 2 is 2.12 bits per heavy atom. The molecular formula is C11H11BrClNO3. The molecule has 0 aliphatic rings. The van der Waals surface area contributed by atoms with Crippen LogP contribution in [0.5, 0.6) is 0 Å². The minimum Gasteiger partial charge on any atom is -0.480 e. The molecule has 4 nitrogen and oxygen atoms in total. The van der Waals surface area contributed by atoms with Crippen molar-refractivity contribution in [3.63, 3.8) is 0 Å². The highest BCUT2D eigenvalue weighted by Crippen LogP contribution is 2.23. The SMILES string of the molecule is CCN(CC(=O)O)C(=O)c1ccc(Br)c(Cl)c1. The zero-order chi connectivity index (χ0) is 13.0. The average Bonchev–Trinajstić information content (AvgIpc) is 2.28. The van der Waals surface area contributed by atoms with Gasteiger partial charge in [0.2, 0.25) is 0 Å². The molecule has 1 aromatic carbocycles. The van der Waals surface area contributed by atoms with Crippen LogP contribution in [0.2, 0.25) is 5.02 Å². The molecule has 0 bridgehead atoms. The first kappa shape index (κ1) is 14.0. The number of halogens is 2. The largest absolute Gasteiger partial charge is 0.480 e. The summed E-state index contributed by atoms with van der Waals surface area (Å²) in [5.74, 6) is -1.38. The number of hydrogen-bond acceptors (Lipinski definition) is 2. The van der Waals surface area contributed by atoms with Crippen molar-refractivity contribution < 1.29 is 14.7 Å². The van der Waals surface area contributed by atoms with Gasteiger partial charge in [-0.05, 0) is 41.1 Å². The molecule has 1 N–H and O–H groups in total. The molecule has 0 heterocycles. The molecule has 0 saturated carbocycles. The third kappa shape index (κ3) is 3.71. The van der Waals surface area contributed by atoms with Gasteiger partial charge in [0, 0.05) is 16.6 Å². The van der Waals surface area contributed by atoms with Gasteiger partial charge in [0.05, 0.1) is 5.02 Å². The van der Waals surface area contributed by atoms with Gasteiger partial charge < -0.3 is 10.0 Å². The molecule has 0 spiro atoms. The zero-order valence-electron chi connectivity index (χ0n) is 9.11. The molecular weight excluding hydrogens is 309 g/mol. The van der Waals surface area contributed by atoms with Gasteiger partial charge in [-0.3, -0.25) is 9.59 Å². The van der Waals surface area contributed by atoms with Crippen molar-refractivity contribution in [3.05, 3.63) is 33.3 Å². The van der Waals surface area contributed by atoms with Crippen LogP contribution in [0.15, 0.2) is 22.7 Å². The Hall–Kier alpha value is -1.07. The van der Waals surface area contributed by atoms with Crippen molar-refractivity contribution in [3.8, 4) is 0 Å². The van der Waals surface area contributed by atoms with Gasteiger partial charge in [-0.25, -0.2) is 0 Å². The fourth-order valence-corrected chi connectivity index (χ4v) is 1.73. The number of aliphatic carboxylic acids is 1. The highest BCUT2D eigenvalue weighted by Gasteiger charge is 2.17. The molecule has 1 rings (SSSR count). The molecule has 0 aliphatic carbocycles. The molecule has 1 amide bonds. The molecule has 6 heteroatoms. The third-order valence-corrected chi connectivity index (χ3v) is 3.39. The van der Waals surface area contributed by atoms with Crippen LogP contribution in [-0.2, 0) is 4.79 Å². The predicted octanol–water partition coefficient (Wildman–Crippen LogP) is 2.65. The lowest BCUT2D eigenvalue weighted by atomic mass is 10.2. The smallest absolute Gasteiger partial charge is 0.323 e. The average molecular weight is 321 g/mol. The van der Waals surface area contributed by atoms with Gasteiger partial charge in [0.15, 0.2) is 0 Å². The van der Waals surface area contributed by atoms with Crippen molar-refractivity contribution in [1.29, 1.82) is 0 Å². The molecule has 0 unspecified atom stereocenters. The molecule has 0 atom stereocenters. The number of rotatable bonds is 4. The number of carboxylic acid groups (broad SMARTS) is 1. The van der Waals surface area contributed by atoms with Crippen LogP contribution in [0.1, 0.15) is 17.3 Å². The van der Waals surface area contributed by atoms with E-state index in [1.165, 1.54) is 11.0 Å². The van der Waals surface area contributed by atoms with E-state index in [2.05, 4.69) is 15.9 Å². The number of carbonyl (C=O) groups is 2. The zero-order valence-corrected chi connectivity index (χ0v) is 11.5. The minimum absolute atomic E-state index is 0.316. The van der Waals surface area contributed by atoms with Gasteiger partial charge in [-0.1, -0.05) is 11.6 Å². The second kappa shape index (κ2) is 6.02. The van der Waals surface area contributed by atoms with E-state index in [1.807, 2.05) is 0 Å². The Morgan fingerprint density at radius 1 is 1.47 bits per heavy atom. The van der Waals surface area contributed by atoms with E-state index in [-0.39, 0.29) is 12.5 Å². The summed E-state index contributed by atoms with van der Waals surface area (Å²) >= 11 is 9.10. The van der Waals surface area contributed by atoms with Gasteiger partial charge in [-0.15, -0.1) is 0 Å². The van der Waals surface area contributed by atoms with Crippen molar-refractivity contribution in [2.75, 3.05) is 13.1 Å². The summed E-state index contributed by atoms with van der Waals surface area (Å²) in [5, 5.41) is 9.10. The van der Waals surface area contributed by atoms with E-state index in [0.29, 0.717) is 21.6 Å². The summed E-state index contributed by atoms with van der Waals surface area (Å²) in [6, 6.07) is 4.77. The summed E-state index contributed by atoms with van der Waals surface area (Å²) in [4.78, 5) is 23.8. The van der Waals surface area contributed by atoms with Gasteiger partial charge >= 0.3 is 5.97 Å². The van der Waals surface area contributed by atoms with Gasteiger partial charge in [0.25, 0.3) is 5.91 Å². The molecule has 0 fully saturated rings. The summed E-state index contributed by atoms with van der Waals surface area (Å²) in [6.45, 7) is 1.74. The lowest BCUT2D eigenvalue weighted by molar-refractivity contribution is -0.137. The topological polar surface area (TPSA) is 57.6 Å². The third-order valence-electron chi connectivity index (χ3n) is 2.16. The summed E-state index contributed by atoms with van der Waals surface area (Å²) in [5.41, 5.74) is 0.376. The fourth-order valence-electron chi connectivity index (χ4n) is 1.30. The summed E-state index contributed by atoms with van der Waals surface area (Å²) in [7, 11) is 0. The monoisotopic (exact) mass is 319 g/mol. The highest BCUT2D eigenvalue weighted by molar-refractivity contribution is 9.10. The molecule has 0 radical (unpaired) electrons. The van der Waals surface area contributed by atoms with Crippen LogP contribution in [0, 0.1) is 0 Å². The van der Waals surface area contributed by atoms with E-state index in [9.17, 15) is 9.59 Å². The number of amides is 1. The summed E-state index contributed by atoms with van der Waals surface area (Å²) in [6.07, 6.45) is 0. The standard InChI is InChI=1S/C11H11BrClNO3/c1-2-14(6-10(15)16)11(17)7-3-4-8(12)9(13)5-7/h3-5H,2,6H2,1H3,(H,15,16). The Bertz CT molecular complexity index is 450. The first-order valence-corrected chi connectivity index (χ1v) is 6.09. The van der Waals surface area contributed by atoms with Crippen molar-refractivity contribution in [2.45, 2.75) is 6.92 Å². The molecule has 0 aliphatic heterocycles. The minimum atomic E-state index is -1.04. The normalized spacial score (nSPS) is 10.1. The fraction of sp³-hybridized carbons (Fsp3) is 0.273. The van der Waals surface area contributed by atoms with E-state index in [4.69, 9.17) is 16.7 Å².